The summed E-state index contributed by atoms with van der Waals surface area (Å²) < 4.78 is 45.0. The normalized spacial score (nSPS) is 12.3. The molecule has 1 heterocycles. The number of benzene rings is 2. The fraction of sp³-hybridized carbons (Fsp3) is 0.217. The molecular weight excluding hydrogens is 427 g/mol. The second-order valence-electron chi connectivity index (χ2n) is 6.74. The molecule has 1 atom stereocenters. The van der Waals surface area contributed by atoms with Crippen LogP contribution in [0.5, 0.6) is 0 Å². The minimum Gasteiger partial charge on any atom is -0.462 e. The number of halogens is 3. The van der Waals surface area contributed by atoms with Crippen molar-refractivity contribution >= 4 is 28.2 Å². The van der Waals surface area contributed by atoms with Gasteiger partial charge in [0, 0.05) is 10.8 Å². The van der Waals surface area contributed by atoms with Gasteiger partial charge in [-0.05, 0) is 30.7 Å². The summed E-state index contributed by atoms with van der Waals surface area (Å²) in [6.45, 7) is 3.72. The molecule has 0 spiro atoms. The van der Waals surface area contributed by atoms with Crippen molar-refractivity contribution in [3.8, 4) is 0 Å². The van der Waals surface area contributed by atoms with Crippen LogP contribution >= 0.6 is 11.3 Å². The minimum absolute atomic E-state index is 0.0903. The monoisotopic (exact) mass is 447 g/mol. The Hall–Kier alpha value is -3.13. The van der Waals surface area contributed by atoms with Crippen molar-refractivity contribution in [1.29, 1.82) is 0 Å². The molecule has 0 aliphatic rings. The van der Waals surface area contributed by atoms with Crippen molar-refractivity contribution in [3.63, 3.8) is 0 Å². The van der Waals surface area contributed by atoms with Crippen LogP contribution in [0, 0.1) is 0 Å². The lowest BCUT2D eigenvalue weighted by atomic mass is 9.99. The van der Waals surface area contributed by atoms with Crippen LogP contribution in [0.4, 0.5) is 18.2 Å². The molecule has 3 rings (SSSR count). The predicted molar refractivity (Wildman–Crippen MR) is 114 cm³/mol. The van der Waals surface area contributed by atoms with Crippen LogP contribution in [-0.4, -0.2) is 18.5 Å². The molecule has 0 saturated heterocycles. The van der Waals surface area contributed by atoms with E-state index in [1.54, 1.807) is 13.0 Å². The summed E-state index contributed by atoms with van der Waals surface area (Å²) in [5, 5.41) is 2.64. The fourth-order valence-electron chi connectivity index (χ4n) is 3.08. The third-order valence-corrected chi connectivity index (χ3v) is 5.91. The summed E-state index contributed by atoms with van der Waals surface area (Å²) in [4.78, 5) is 25.9. The summed E-state index contributed by atoms with van der Waals surface area (Å²) in [7, 11) is 0. The van der Waals surface area contributed by atoms with E-state index < -0.39 is 29.2 Å². The molecular formula is C23H20F3NO3S. The molecule has 31 heavy (non-hydrogen) atoms. The number of anilines is 1. The molecule has 1 N–H and O–H groups in total. The van der Waals surface area contributed by atoms with Gasteiger partial charge in [-0.3, -0.25) is 4.79 Å². The van der Waals surface area contributed by atoms with Crippen molar-refractivity contribution in [2.45, 2.75) is 25.9 Å². The third kappa shape index (κ3) is 5.14. The van der Waals surface area contributed by atoms with Gasteiger partial charge >= 0.3 is 12.1 Å². The fourth-order valence-corrected chi connectivity index (χ4v) is 4.20. The Balaban J connectivity index is 1.98. The molecule has 162 valence electrons. The lowest BCUT2D eigenvalue weighted by Crippen LogP contribution is -2.19. The molecule has 3 aromatic rings. The molecule has 0 fully saturated rings. The highest BCUT2D eigenvalue weighted by Gasteiger charge is 2.35. The third-order valence-electron chi connectivity index (χ3n) is 4.68. The Morgan fingerprint density at radius 3 is 2.32 bits per heavy atom. The minimum atomic E-state index is -4.68. The van der Waals surface area contributed by atoms with E-state index in [4.69, 9.17) is 4.74 Å². The van der Waals surface area contributed by atoms with E-state index >= 15 is 0 Å². The van der Waals surface area contributed by atoms with Crippen molar-refractivity contribution in [3.05, 3.63) is 87.8 Å². The zero-order chi connectivity index (χ0) is 22.6. The molecule has 0 radical (unpaired) electrons. The van der Waals surface area contributed by atoms with Crippen molar-refractivity contribution in [2.75, 3.05) is 11.9 Å². The van der Waals surface area contributed by atoms with Crippen LogP contribution in [0.2, 0.25) is 0 Å². The molecule has 0 saturated carbocycles. The quantitative estimate of drug-likeness (QED) is 0.448. The maximum atomic E-state index is 13.3. The number of ether oxygens (including phenoxy) is 1. The SMILES string of the molecule is CCOC(=O)c1cc([C@@H](C)c2ccccc2)sc1NC(=O)c1ccccc1C(F)(F)F. The number of esters is 1. The molecule has 2 aromatic carbocycles. The Morgan fingerprint density at radius 2 is 1.68 bits per heavy atom. The number of hydrogen-bond acceptors (Lipinski definition) is 4. The van der Waals surface area contributed by atoms with Crippen LogP contribution in [-0.2, 0) is 10.9 Å². The van der Waals surface area contributed by atoms with Gasteiger partial charge in [-0.1, -0.05) is 49.4 Å². The summed E-state index contributed by atoms with van der Waals surface area (Å²) >= 11 is 1.14. The largest absolute Gasteiger partial charge is 0.462 e. The second kappa shape index (κ2) is 9.34. The van der Waals surface area contributed by atoms with E-state index in [0.717, 1.165) is 33.9 Å². The topological polar surface area (TPSA) is 55.4 Å². The van der Waals surface area contributed by atoms with E-state index in [9.17, 15) is 22.8 Å². The van der Waals surface area contributed by atoms with Crippen LogP contribution < -0.4 is 5.32 Å². The predicted octanol–water partition coefficient (Wildman–Crippen LogP) is 6.35. The van der Waals surface area contributed by atoms with Crippen molar-refractivity contribution in [2.24, 2.45) is 0 Å². The molecule has 8 heteroatoms. The van der Waals surface area contributed by atoms with E-state index in [2.05, 4.69) is 5.32 Å². The van der Waals surface area contributed by atoms with Crippen molar-refractivity contribution in [1.82, 2.24) is 0 Å². The van der Waals surface area contributed by atoms with Gasteiger partial charge < -0.3 is 10.1 Å². The molecule has 0 bridgehead atoms. The first kappa shape index (κ1) is 22.6. The highest BCUT2D eigenvalue weighted by molar-refractivity contribution is 7.16. The van der Waals surface area contributed by atoms with Gasteiger partial charge in [-0.2, -0.15) is 13.2 Å². The van der Waals surface area contributed by atoms with Gasteiger partial charge in [0.1, 0.15) is 5.00 Å². The van der Waals surface area contributed by atoms with Gasteiger partial charge in [0.15, 0.2) is 0 Å². The maximum absolute atomic E-state index is 13.3. The molecule has 0 aliphatic heterocycles. The number of rotatable bonds is 6. The van der Waals surface area contributed by atoms with Crippen LogP contribution in [0.25, 0.3) is 0 Å². The molecule has 0 unspecified atom stereocenters. The lowest BCUT2D eigenvalue weighted by molar-refractivity contribution is -0.137. The van der Waals surface area contributed by atoms with Crippen LogP contribution in [0.15, 0.2) is 60.7 Å². The summed E-state index contributed by atoms with van der Waals surface area (Å²) in [6, 6.07) is 15.7. The Bertz CT molecular complexity index is 1080. The number of carbonyl (C=O) groups is 2. The highest BCUT2D eigenvalue weighted by atomic mass is 32.1. The number of thiophene rings is 1. The van der Waals surface area contributed by atoms with Crippen LogP contribution in [0.1, 0.15) is 56.5 Å². The van der Waals surface area contributed by atoms with E-state index in [1.165, 1.54) is 12.1 Å². The number of carbonyl (C=O) groups excluding carboxylic acids is 2. The average Bonchev–Trinajstić information content (AvgIpc) is 3.17. The van der Waals surface area contributed by atoms with Gasteiger partial charge in [-0.15, -0.1) is 11.3 Å². The average molecular weight is 447 g/mol. The zero-order valence-corrected chi connectivity index (χ0v) is 17.6. The van der Waals surface area contributed by atoms with Gasteiger partial charge in [0.05, 0.1) is 23.3 Å². The first-order chi connectivity index (χ1) is 14.7. The van der Waals surface area contributed by atoms with E-state index in [-0.39, 0.29) is 23.1 Å². The number of nitrogens with one attached hydrogen (secondary N) is 1. The molecule has 4 nitrogen and oxygen atoms in total. The van der Waals surface area contributed by atoms with Gasteiger partial charge in [-0.25, -0.2) is 4.79 Å². The summed E-state index contributed by atoms with van der Waals surface area (Å²) in [5.74, 6) is -1.68. The highest BCUT2D eigenvalue weighted by Crippen LogP contribution is 2.37. The number of alkyl halides is 3. The van der Waals surface area contributed by atoms with E-state index in [1.807, 2.05) is 37.3 Å². The van der Waals surface area contributed by atoms with Crippen molar-refractivity contribution < 1.29 is 27.5 Å². The Morgan fingerprint density at radius 1 is 1.03 bits per heavy atom. The van der Waals surface area contributed by atoms with Gasteiger partial charge in [0.2, 0.25) is 0 Å². The lowest BCUT2D eigenvalue weighted by Gasteiger charge is -2.12. The standard InChI is InChI=1S/C23H20F3NO3S/c1-3-30-22(29)17-13-19(14(2)15-9-5-4-6-10-15)31-21(17)27-20(28)16-11-7-8-12-18(16)23(24,25)26/h4-14H,3H2,1-2H3,(H,27,28)/t14-/m0/s1. The smallest absolute Gasteiger partial charge is 0.417 e. The van der Waals surface area contributed by atoms with E-state index in [0.29, 0.717) is 0 Å². The maximum Gasteiger partial charge on any atom is 0.417 e. The molecule has 1 aromatic heterocycles. The zero-order valence-electron chi connectivity index (χ0n) is 16.8. The summed E-state index contributed by atoms with van der Waals surface area (Å²) in [5.41, 5.74) is -0.447. The number of hydrogen-bond donors (Lipinski definition) is 1. The second-order valence-corrected chi connectivity index (χ2v) is 7.83. The first-order valence-corrected chi connectivity index (χ1v) is 10.4. The molecule has 1 amide bonds. The van der Waals surface area contributed by atoms with Crippen LogP contribution in [0.3, 0.4) is 0 Å². The first-order valence-electron chi connectivity index (χ1n) is 9.55. The molecule has 0 aliphatic carbocycles. The summed E-state index contributed by atoms with van der Waals surface area (Å²) in [6.07, 6.45) is -4.68. The number of amides is 1. The Labute approximate surface area is 181 Å². The van der Waals surface area contributed by atoms with Gasteiger partial charge in [0.25, 0.3) is 5.91 Å². The Kier molecular flexibility index (Phi) is 6.80.